The van der Waals surface area contributed by atoms with Crippen molar-refractivity contribution < 1.29 is 14.0 Å². The van der Waals surface area contributed by atoms with Crippen LogP contribution in [0.15, 0.2) is 48.5 Å². The van der Waals surface area contributed by atoms with Gasteiger partial charge >= 0.3 is 11.8 Å². The Hall–Kier alpha value is -2.97. The zero-order valence-electron chi connectivity index (χ0n) is 19.0. The molecule has 1 aliphatic rings. The molecule has 172 valence electrons. The van der Waals surface area contributed by atoms with E-state index in [-0.39, 0.29) is 18.4 Å². The predicted molar refractivity (Wildman–Crippen MR) is 124 cm³/mol. The number of carbonyl (C=O) groups is 2. The maximum absolute atomic E-state index is 13.0. The van der Waals surface area contributed by atoms with Gasteiger partial charge in [0, 0.05) is 59.1 Å². The third kappa shape index (κ3) is 6.51. The van der Waals surface area contributed by atoms with Gasteiger partial charge in [0.2, 0.25) is 0 Å². The number of hydrogen-bond acceptors (Lipinski definition) is 5. The van der Waals surface area contributed by atoms with Crippen LogP contribution in [0.5, 0.6) is 0 Å². The Labute approximate surface area is 189 Å². The summed E-state index contributed by atoms with van der Waals surface area (Å²) in [6.07, 6.45) is 0. The van der Waals surface area contributed by atoms with Crippen LogP contribution in [-0.2, 0) is 16.1 Å². The molecular formula is C24H32FN5O2. The molecule has 1 atom stereocenters. The second kappa shape index (κ2) is 11.1. The minimum atomic E-state index is -0.700. The second-order valence-corrected chi connectivity index (χ2v) is 8.36. The van der Waals surface area contributed by atoms with Crippen LogP contribution >= 0.6 is 0 Å². The van der Waals surface area contributed by atoms with E-state index in [1.807, 2.05) is 19.0 Å². The smallest absolute Gasteiger partial charge is 0.309 e. The lowest BCUT2D eigenvalue weighted by atomic mass is 10.0. The van der Waals surface area contributed by atoms with Crippen molar-refractivity contribution in [3.05, 3.63) is 65.5 Å². The molecule has 0 bridgehead atoms. The van der Waals surface area contributed by atoms with Crippen molar-refractivity contribution in [3.8, 4) is 0 Å². The van der Waals surface area contributed by atoms with Gasteiger partial charge in [0.05, 0.1) is 6.04 Å². The number of nitrogens with one attached hydrogen (secondary N) is 2. The van der Waals surface area contributed by atoms with Gasteiger partial charge in [-0.2, -0.15) is 0 Å². The Morgan fingerprint density at radius 2 is 1.53 bits per heavy atom. The zero-order chi connectivity index (χ0) is 23.1. The number of hydrogen-bond donors (Lipinski definition) is 2. The molecule has 2 amide bonds. The molecule has 0 aliphatic carbocycles. The molecule has 32 heavy (non-hydrogen) atoms. The van der Waals surface area contributed by atoms with E-state index in [0.29, 0.717) is 6.54 Å². The fourth-order valence-electron chi connectivity index (χ4n) is 3.72. The number of carbonyl (C=O) groups excluding carboxylic acids is 2. The number of amides is 2. The van der Waals surface area contributed by atoms with E-state index in [2.05, 4.69) is 51.7 Å². The van der Waals surface area contributed by atoms with Gasteiger partial charge in [-0.3, -0.25) is 14.5 Å². The molecule has 2 N–H and O–H groups in total. The van der Waals surface area contributed by atoms with Gasteiger partial charge in [0.15, 0.2) is 0 Å². The van der Waals surface area contributed by atoms with Crippen molar-refractivity contribution in [3.63, 3.8) is 0 Å². The quantitative estimate of drug-likeness (QED) is 0.639. The summed E-state index contributed by atoms with van der Waals surface area (Å²) in [5.41, 5.74) is 2.94. The van der Waals surface area contributed by atoms with E-state index in [1.165, 1.54) is 12.1 Å². The molecule has 1 saturated heterocycles. The van der Waals surface area contributed by atoms with Crippen LogP contribution in [0.3, 0.4) is 0 Å². The normalized spacial score (nSPS) is 15.8. The number of rotatable bonds is 7. The molecule has 1 unspecified atom stereocenters. The lowest BCUT2D eigenvalue weighted by Crippen LogP contribution is -2.49. The average molecular weight is 442 g/mol. The molecule has 2 aromatic carbocycles. The Bertz CT molecular complexity index is 894. The van der Waals surface area contributed by atoms with Gasteiger partial charge in [0.1, 0.15) is 5.82 Å². The summed E-state index contributed by atoms with van der Waals surface area (Å²) in [5.74, 6) is -1.71. The number of piperazine rings is 1. The van der Waals surface area contributed by atoms with Crippen molar-refractivity contribution in [1.29, 1.82) is 0 Å². The molecular weight excluding hydrogens is 409 g/mol. The summed E-state index contributed by atoms with van der Waals surface area (Å²) in [7, 11) is 6.10. The van der Waals surface area contributed by atoms with Gasteiger partial charge < -0.3 is 20.4 Å². The Morgan fingerprint density at radius 1 is 0.938 bits per heavy atom. The number of halogens is 1. The molecule has 8 heteroatoms. The average Bonchev–Trinajstić information content (AvgIpc) is 2.80. The standard InChI is InChI=1S/C24H32FN5O2/c1-28(2)21-10-6-19(7-11-21)22(30-14-12-29(3)13-15-30)17-27-24(32)23(31)26-16-18-4-8-20(25)9-5-18/h4-11,22H,12-17H2,1-3H3,(H,26,31)(H,27,32). The van der Waals surface area contributed by atoms with E-state index >= 15 is 0 Å². The predicted octanol–water partition coefficient (Wildman–Crippen LogP) is 1.61. The topological polar surface area (TPSA) is 67.9 Å². The van der Waals surface area contributed by atoms with E-state index in [4.69, 9.17) is 0 Å². The van der Waals surface area contributed by atoms with Crippen molar-refractivity contribution in [2.45, 2.75) is 12.6 Å². The largest absolute Gasteiger partial charge is 0.378 e. The summed E-state index contributed by atoms with van der Waals surface area (Å²) < 4.78 is 13.0. The number of benzene rings is 2. The summed E-state index contributed by atoms with van der Waals surface area (Å²) >= 11 is 0. The molecule has 0 saturated carbocycles. The zero-order valence-corrected chi connectivity index (χ0v) is 19.0. The van der Waals surface area contributed by atoms with E-state index in [9.17, 15) is 14.0 Å². The highest BCUT2D eigenvalue weighted by Gasteiger charge is 2.25. The molecule has 1 heterocycles. The molecule has 3 rings (SSSR count). The Kier molecular flexibility index (Phi) is 8.19. The highest BCUT2D eigenvalue weighted by atomic mass is 19.1. The van der Waals surface area contributed by atoms with Crippen LogP contribution in [0.4, 0.5) is 10.1 Å². The molecule has 0 spiro atoms. The molecule has 0 radical (unpaired) electrons. The van der Waals surface area contributed by atoms with Crippen molar-refractivity contribution in [2.75, 3.05) is 58.8 Å². The van der Waals surface area contributed by atoms with E-state index in [0.717, 1.165) is 43.0 Å². The first kappa shape index (κ1) is 23.7. The summed E-state index contributed by atoms with van der Waals surface area (Å²) in [5, 5.41) is 5.38. The number of anilines is 1. The van der Waals surface area contributed by atoms with E-state index < -0.39 is 11.8 Å². The van der Waals surface area contributed by atoms with Crippen molar-refractivity contribution in [1.82, 2.24) is 20.4 Å². The van der Waals surface area contributed by atoms with Crippen LogP contribution in [0.1, 0.15) is 17.2 Å². The monoisotopic (exact) mass is 441 g/mol. The SMILES string of the molecule is CN1CCN(C(CNC(=O)C(=O)NCc2ccc(F)cc2)c2ccc(N(C)C)cc2)CC1. The van der Waals surface area contributed by atoms with Gasteiger partial charge in [-0.25, -0.2) is 4.39 Å². The summed E-state index contributed by atoms with van der Waals surface area (Å²) in [6, 6.07) is 14.1. The highest BCUT2D eigenvalue weighted by Crippen LogP contribution is 2.24. The molecule has 7 nitrogen and oxygen atoms in total. The minimum absolute atomic E-state index is 0.0197. The molecule has 2 aromatic rings. The molecule has 0 aromatic heterocycles. The molecule has 1 aliphatic heterocycles. The number of likely N-dealkylation sites (N-methyl/N-ethyl adjacent to an activating group) is 1. The van der Waals surface area contributed by atoms with Gasteiger partial charge in [-0.15, -0.1) is 0 Å². The Balaban J connectivity index is 1.61. The first-order valence-electron chi connectivity index (χ1n) is 10.8. The molecule has 1 fully saturated rings. The van der Waals surface area contributed by atoms with Crippen LogP contribution in [0, 0.1) is 5.82 Å². The maximum atomic E-state index is 13.0. The lowest BCUT2D eigenvalue weighted by molar-refractivity contribution is -0.139. The fraction of sp³-hybridized carbons (Fsp3) is 0.417. The second-order valence-electron chi connectivity index (χ2n) is 8.36. The van der Waals surface area contributed by atoms with Gasteiger partial charge in [-0.1, -0.05) is 24.3 Å². The van der Waals surface area contributed by atoms with E-state index in [1.54, 1.807) is 12.1 Å². The van der Waals surface area contributed by atoms with Crippen molar-refractivity contribution >= 4 is 17.5 Å². The fourth-order valence-corrected chi connectivity index (χ4v) is 3.72. The van der Waals surface area contributed by atoms with Crippen LogP contribution in [-0.4, -0.2) is 75.5 Å². The van der Waals surface area contributed by atoms with Crippen LogP contribution < -0.4 is 15.5 Å². The third-order valence-electron chi connectivity index (χ3n) is 5.80. The number of nitrogens with zero attached hydrogens (tertiary/aromatic N) is 3. The van der Waals surface area contributed by atoms with Gasteiger partial charge in [-0.05, 0) is 42.4 Å². The lowest BCUT2D eigenvalue weighted by Gasteiger charge is -2.38. The summed E-state index contributed by atoms with van der Waals surface area (Å²) in [4.78, 5) is 31.3. The van der Waals surface area contributed by atoms with Crippen molar-refractivity contribution in [2.24, 2.45) is 0 Å². The third-order valence-corrected chi connectivity index (χ3v) is 5.80. The Morgan fingerprint density at radius 3 is 2.12 bits per heavy atom. The summed E-state index contributed by atoms with van der Waals surface area (Å²) in [6.45, 7) is 4.21. The first-order valence-corrected chi connectivity index (χ1v) is 10.8. The maximum Gasteiger partial charge on any atom is 0.309 e. The van der Waals surface area contributed by atoms with Crippen LogP contribution in [0.2, 0.25) is 0 Å². The minimum Gasteiger partial charge on any atom is -0.378 e. The van der Waals surface area contributed by atoms with Crippen LogP contribution in [0.25, 0.3) is 0 Å². The highest BCUT2D eigenvalue weighted by molar-refractivity contribution is 6.35. The van der Waals surface area contributed by atoms with Gasteiger partial charge in [0.25, 0.3) is 0 Å². The first-order chi connectivity index (χ1) is 15.3.